The Hall–Kier alpha value is -2.90. The zero-order valence-electron chi connectivity index (χ0n) is 14.7. The van der Waals surface area contributed by atoms with Gasteiger partial charge in [-0.3, -0.25) is 19.7 Å². The van der Waals surface area contributed by atoms with Crippen molar-refractivity contribution >= 4 is 29.3 Å². The van der Waals surface area contributed by atoms with Crippen LogP contribution in [0, 0.1) is 0 Å². The molecule has 2 fully saturated rings. The second-order valence-corrected chi connectivity index (χ2v) is 6.53. The minimum atomic E-state index is -0.664. The van der Waals surface area contributed by atoms with E-state index in [4.69, 9.17) is 0 Å². The Balaban J connectivity index is 1.57. The first-order valence-electron chi connectivity index (χ1n) is 8.69. The van der Waals surface area contributed by atoms with Gasteiger partial charge < -0.3 is 15.1 Å². The molecule has 3 rings (SSSR count). The van der Waals surface area contributed by atoms with Crippen LogP contribution in [0.25, 0.3) is 0 Å². The van der Waals surface area contributed by atoms with Gasteiger partial charge in [0.2, 0.25) is 11.8 Å². The van der Waals surface area contributed by atoms with Gasteiger partial charge in [0.15, 0.2) is 5.78 Å². The fraction of sp³-hybridized carbons (Fsp3) is 0.444. The van der Waals surface area contributed by atoms with Crippen molar-refractivity contribution in [1.82, 2.24) is 15.5 Å². The molecule has 0 aliphatic carbocycles. The molecule has 2 heterocycles. The molecule has 1 unspecified atom stereocenters. The number of carbonyl (C=O) groups excluding carboxylic acids is 4. The van der Waals surface area contributed by atoms with E-state index in [-0.39, 0.29) is 24.0 Å². The molecule has 0 aromatic heterocycles. The van der Waals surface area contributed by atoms with Gasteiger partial charge in [-0.1, -0.05) is 0 Å². The lowest BCUT2D eigenvalue weighted by molar-refractivity contribution is -0.133. The van der Waals surface area contributed by atoms with E-state index < -0.39 is 12.1 Å². The third-order valence-corrected chi connectivity index (χ3v) is 4.75. The molecule has 138 valence electrons. The van der Waals surface area contributed by atoms with E-state index in [1.807, 2.05) is 12.1 Å². The Kier molecular flexibility index (Phi) is 5.20. The lowest BCUT2D eigenvalue weighted by Gasteiger charge is -2.37. The van der Waals surface area contributed by atoms with E-state index in [9.17, 15) is 19.2 Å². The number of carbonyl (C=O) groups is 4. The summed E-state index contributed by atoms with van der Waals surface area (Å²) in [5, 5.41) is 4.74. The molecule has 1 aromatic carbocycles. The van der Waals surface area contributed by atoms with E-state index >= 15 is 0 Å². The van der Waals surface area contributed by atoms with Crippen molar-refractivity contribution in [1.29, 1.82) is 0 Å². The zero-order chi connectivity index (χ0) is 18.7. The zero-order valence-corrected chi connectivity index (χ0v) is 14.7. The number of hydrogen-bond acceptors (Lipinski definition) is 5. The highest BCUT2D eigenvalue weighted by Gasteiger charge is 2.31. The first-order valence-corrected chi connectivity index (χ1v) is 8.69. The molecular formula is C18H22N4O4. The van der Waals surface area contributed by atoms with Gasteiger partial charge in [-0.2, -0.15) is 0 Å². The highest BCUT2D eigenvalue weighted by Crippen LogP contribution is 2.18. The number of benzene rings is 1. The predicted molar refractivity (Wildman–Crippen MR) is 94.9 cm³/mol. The molecule has 2 aliphatic heterocycles. The number of anilines is 1. The Morgan fingerprint density at radius 2 is 1.69 bits per heavy atom. The molecule has 26 heavy (non-hydrogen) atoms. The summed E-state index contributed by atoms with van der Waals surface area (Å²) in [4.78, 5) is 50.8. The van der Waals surface area contributed by atoms with Crippen molar-refractivity contribution in [2.45, 2.75) is 25.8 Å². The van der Waals surface area contributed by atoms with Crippen molar-refractivity contribution in [3.8, 4) is 0 Å². The Bertz CT molecular complexity index is 723. The lowest BCUT2D eigenvalue weighted by atomic mass is 10.1. The molecule has 0 saturated carbocycles. The predicted octanol–water partition coefficient (Wildman–Crippen LogP) is 0.526. The summed E-state index contributed by atoms with van der Waals surface area (Å²) in [6.45, 7) is 3.96. The highest BCUT2D eigenvalue weighted by molar-refractivity contribution is 5.98. The fourth-order valence-electron chi connectivity index (χ4n) is 3.23. The molecule has 2 aliphatic rings. The number of hydrogen-bond donors (Lipinski definition) is 2. The van der Waals surface area contributed by atoms with Gasteiger partial charge in [0.05, 0.1) is 0 Å². The standard InChI is InChI=1S/C18H22N4O4/c1-12(23)13-2-4-14(5-3-13)21-8-10-22(11-9-21)17(25)15-6-7-16(24)20-18(26)19-15/h2-5,15H,6-11H2,1H3,(H2,19,20,24,26). The number of nitrogens with one attached hydrogen (secondary N) is 2. The maximum Gasteiger partial charge on any atom is 0.322 e. The van der Waals surface area contributed by atoms with E-state index in [0.29, 0.717) is 38.2 Å². The average Bonchev–Trinajstić information content (AvgIpc) is 2.81. The maximum atomic E-state index is 12.6. The number of urea groups is 1. The number of rotatable bonds is 3. The van der Waals surface area contributed by atoms with Crippen LogP contribution in [-0.4, -0.2) is 60.7 Å². The monoisotopic (exact) mass is 358 g/mol. The summed E-state index contributed by atoms with van der Waals surface area (Å²) in [6, 6.07) is 6.16. The van der Waals surface area contributed by atoms with Crippen molar-refractivity contribution in [3.63, 3.8) is 0 Å². The summed E-state index contributed by atoms with van der Waals surface area (Å²) >= 11 is 0. The summed E-state index contributed by atoms with van der Waals surface area (Å²) in [5.74, 6) is -0.483. The minimum absolute atomic E-state index is 0.0328. The van der Waals surface area contributed by atoms with Crippen molar-refractivity contribution in [2.24, 2.45) is 0 Å². The number of amides is 4. The van der Waals surface area contributed by atoms with E-state index in [1.165, 1.54) is 6.92 Å². The largest absolute Gasteiger partial charge is 0.368 e. The molecule has 0 spiro atoms. The molecule has 8 heteroatoms. The van der Waals surface area contributed by atoms with Crippen LogP contribution in [-0.2, 0) is 9.59 Å². The number of nitrogens with zero attached hydrogens (tertiary/aromatic N) is 2. The first kappa shape index (κ1) is 17.9. The molecule has 1 atom stereocenters. The highest BCUT2D eigenvalue weighted by atomic mass is 16.2. The van der Waals surface area contributed by atoms with Crippen LogP contribution in [0.2, 0.25) is 0 Å². The van der Waals surface area contributed by atoms with E-state index in [0.717, 1.165) is 5.69 Å². The third kappa shape index (κ3) is 4.01. The number of imide groups is 1. The van der Waals surface area contributed by atoms with E-state index in [1.54, 1.807) is 17.0 Å². The summed E-state index contributed by atoms with van der Waals surface area (Å²) in [5.41, 5.74) is 1.69. The van der Waals surface area contributed by atoms with Crippen molar-refractivity contribution < 1.29 is 19.2 Å². The van der Waals surface area contributed by atoms with Gasteiger partial charge >= 0.3 is 6.03 Å². The molecule has 0 radical (unpaired) electrons. The van der Waals surface area contributed by atoms with Gasteiger partial charge in [0.1, 0.15) is 6.04 Å². The van der Waals surface area contributed by atoms with Crippen LogP contribution in [0.1, 0.15) is 30.1 Å². The minimum Gasteiger partial charge on any atom is -0.368 e. The van der Waals surface area contributed by atoms with Gasteiger partial charge in [-0.25, -0.2) is 4.79 Å². The number of Topliss-reactive ketones (excluding diaryl/α,β-unsaturated/α-hetero) is 1. The molecule has 1 aromatic rings. The SMILES string of the molecule is CC(=O)c1ccc(N2CCN(C(=O)C3CCC(=O)NC(=O)N3)CC2)cc1. The summed E-state index contributed by atoms with van der Waals surface area (Å²) < 4.78 is 0. The molecule has 2 N–H and O–H groups in total. The Morgan fingerprint density at radius 1 is 1.04 bits per heavy atom. The van der Waals surface area contributed by atoms with Crippen molar-refractivity contribution in [3.05, 3.63) is 29.8 Å². The Labute approximate surface area is 151 Å². The first-order chi connectivity index (χ1) is 12.4. The topological polar surface area (TPSA) is 98.8 Å². The molecule has 8 nitrogen and oxygen atoms in total. The van der Waals surface area contributed by atoms with Crippen molar-refractivity contribution in [2.75, 3.05) is 31.1 Å². The quantitative estimate of drug-likeness (QED) is 0.768. The molecular weight excluding hydrogens is 336 g/mol. The lowest BCUT2D eigenvalue weighted by Crippen LogP contribution is -2.55. The number of piperazine rings is 1. The molecule has 4 amide bonds. The normalized spacial score (nSPS) is 20.9. The summed E-state index contributed by atoms with van der Waals surface area (Å²) in [6.07, 6.45) is 0.459. The molecule has 2 saturated heterocycles. The van der Waals surface area contributed by atoms with Crippen LogP contribution >= 0.6 is 0 Å². The summed E-state index contributed by atoms with van der Waals surface area (Å²) in [7, 11) is 0. The molecule has 0 bridgehead atoms. The second kappa shape index (κ2) is 7.55. The average molecular weight is 358 g/mol. The van der Waals surface area contributed by atoms with Gasteiger partial charge in [-0.15, -0.1) is 0 Å². The Morgan fingerprint density at radius 3 is 2.31 bits per heavy atom. The van der Waals surface area contributed by atoms with Gasteiger partial charge in [0, 0.05) is 43.9 Å². The third-order valence-electron chi connectivity index (χ3n) is 4.75. The van der Waals surface area contributed by atoms with Gasteiger partial charge in [0.25, 0.3) is 0 Å². The van der Waals surface area contributed by atoms with Crippen LogP contribution in [0.4, 0.5) is 10.5 Å². The maximum absolute atomic E-state index is 12.6. The number of ketones is 1. The smallest absolute Gasteiger partial charge is 0.322 e. The second-order valence-electron chi connectivity index (χ2n) is 6.53. The van der Waals surface area contributed by atoms with Crippen LogP contribution in [0.5, 0.6) is 0 Å². The van der Waals surface area contributed by atoms with Crippen LogP contribution in [0.3, 0.4) is 0 Å². The van der Waals surface area contributed by atoms with Crippen LogP contribution in [0.15, 0.2) is 24.3 Å². The van der Waals surface area contributed by atoms with Gasteiger partial charge in [-0.05, 0) is 37.6 Å². The fourth-order valence-corrected chi connectivity index (χ4v) is 3.23. The van der Waals surface area contributed by atoms with E-state index in [2.05, 4.69) is 15.5 Å². The van der Waals surface area contributed by atoms with Crippen LogP contribution < -0.4 is 15.5 Å².